The van der Waals surface area contributed by atoms with Crippen LogP contribution in [0.4, 0.5) is 10.5 Å². The highest BCUT2D eigenvalue weighted by atomic mass is 35.5. The molecule has 0 aliphatic carbocycles. The van der Waals surface area contributed by atoms with Crippen LogP contribution in [0.15, 0.2) is 36.9 Å². The van der Waals surface area contributed by atoms with Gasteiger partial charge in [0.05, 0.1) is 17.0 Å². The molecule has 1 heterocycles. The first-order chi connectivity index (χ1) is 10.0. The zero-order valence-electron chi connectivity index (χ0n) is 11.5. The summed E-state index contributed by atoms with van der Waals surface area (Å²) in [5.74, 6) is 0.278. The van der Waals surface area contributed by atoms with Crippen molar-refractivity contribution in [3.05, 3.63) is 47.0 Å². The Labute approximate surface area is 133 Å². The van der Waals surface area contributed by atoms with E-state index in [-0.39, 0.29) is 11.9 Å². The van der Waals surface area contributed by atoms with Gasteiger partial charge in [-0.15, -0.1) is 0 Å². The summed E-state index contributed by atoms with van der Waals surface area (Å²) < 4.78 is 1.97. The normalized spacial score (nSPS) is 12.0. The Morgan fingerprint density at radius 1 is 1.43 bits per heavy atom. The van der Waals surface area contributed by atoms with Gasteiger partial charge in [-0.05, 0) is 24.1 Å². The van der Waals surface area contributed by atoms with Crippen molar-refractivity contribution in [1.29, 1.82) is 0 Å². The van der Waals surface area contributed by atoms with E-state index >= 15 is 0 Å². The van der Waals surface area contributed by atoms with Gasteiger partial charge < -0.3 is 15.2 Å². The number of imidazole rings is 1. The summed E-state index contributed by atoms with van der Waals surface area (Å²) in [5.41, 5.74) is 0.490. The average molecular weight is 327 g/mol. The van der Waals surface area contributed by atoms with Gasteiger partial charge in [0, 0.05) is 30.5 Å². The lowest BCUT2D eigenvalue weighted by Gasteiger charge is -2.14. The number of carbonyl (C=O) groups is 1. The van der Waals surface area contributed by atoms with Gasteiger partial charge in [-0.3, -0.25) is 0 Å². The third-order valence-electron chi connectivity index (χ3n) is 2.87. The number of anilines is 1. The standard InChI is InChI=1S/C14H16Cl2N4O/c1-10(8-20-5-4-17-9-20)7-18-14(21)19-13-6-11(15)2-3-12(13)16/h2-6,9-10H,7-8H2,1H3,(H2,18,19,21)/t10-/m1/s1. The van der Waals surface area contributed by atoms with Crippen LogP contribution in [0.2, 0.25) is 10.0 Å². The molecule has 5 nitrogen and oxygen atoms in total. The topological polar surface area (TPSA) is 59.0 Å². The van der Waals surface area contributed by atoms with E-state index < -0.39 is 0 Å². The number of benzene rings is 1. The number of halogens is 2. The number of aromatic nitrogens is 2. The van der Waals surface area contributed by atoms with Gasteiger partial charge in [-0.1, -0.05) is 30.1 Å². The number of urea groups is 1. The van der Waals surface area contributed by atoms with Crippen molar-refractivity contribution in [3.8, 4) is 0 Å². The van der Waals surface area contributed by atoms with E-state index in [1.165, 1.54) is 0 Å². The van der Waals surface area contributed by atoms with E-state index in [0.29, 0.717) is 22.3 Å². The zero-order chi connectivity index (χ0) is 15.2. The number of hydrogen-bond donors (Lipinski definition) is 2. The Kier molecular flexibility index (Phi) is 5.47. The molecule has 2 aromatic rings. The Bertz CT molecular complexity index is 601. The summed E-state index contributed by atoms with van der Waals surface area (Å²) >= 11 is 11.9. The molecule has 1 atom stereocenters. The average Bonchev–Trinajstić information content (AvgIpc) is 2.93. The molecule has 21 heavy (non-hydrogen) atoms. The third-order valence-corrected chi connectivity index (χ3v) is 3.43. The van der Waals surface area contributed by atoms with Crippen LogP contribution in [0.3, 0.4) is 0 Å². The monoisotopic (exact) mass is 326 g/mol. The number of nitrogens with one attached hydrogen (secondary N) is 2. The highest BCUT2D eigenvalue weighted by molar-refractivity contribution is 6.35. The second-order valence-electron chi connectivity index (χ2n) is 4.82. The van der Waals surface area contributed by atoms with Crippen molar-refractivity contribution < 1.29 is 4.79 Å². The molecular weight excluding hydrogens is 311 g/mol. The molecule has 0 bridgehead atoms. The Balaban J connectivity index is 1.80. The van der Waals surface area contributed by atoms with E-state index in [1.807, 2.05) is 17.7 Å². The Morgan fingerprint density at radius 2 is 2.24 bits per heavy atom. The molecule has 0 aliphatic rings. The first-order valence-electron chi connectivity index (χ1n) is 6.50. The molecule has 2 N–H and O–H groups in total. The van der Waals surface area contributed by atoms with Crippen LogP contribution in [0.1, 0.15) is 6.92 Å². The van der Waals surface area contributed by atoms with E-state index in [1.54, 1.807) is 30.7 Å². The fourth-order valence-electron chi connectivity index (χ4n) is 1.85. The van der Waals surface area contributed by atoms with Gasteiger partial charge in [0.1, 0.15) is 0 Å². The molecule has 0 unspecified atom stereocenters. The summed E-state index contributed by atoms with van der Waals surface area (Å²) in [4.78, 5) is 15.8. The van der Waals surface area contributed by atoms with Crippen molar-refractivity contribution in [2.24, 2.45) is 5.92 Å². The van der Waals surface area contributed by atoms with Crippen LogP contribution >= 0.6 is 23.2 Å². The zero-order valence-corrected chi connectivity index (χ0v) is 13.0. The molecule has 2 amide bonds. The third kappa shape index (κ3) is 4.95. The summed E-state index contributed by atoms with van der Waals surface area (Å²) in [5, 5.41) is 6.45. The van der Waals surface area contributed by atoms with Gasteiger partial charge in [0.15, 0.2) is 0 Å². The van der Waals surface area contributed by atoms with E-state index in [4.69, 9.17) is 23.2 Å². The molecule has 0 aliphatic heterocycles. The number of carbonyl (C=O) groups excluding carboxylic acids is 1. The molecule has 0 fully saturated rings. The van der Waals surface area contributed by atoms with Crippen molar-refractivity contribution in [2.75, 3.05) is 11.9 Å². The van der Waals surface area contributed by atoms with Crippen molar-refractivity contribution in [2.45, 2.75) is 13.5 Å². The van der Waals surface area contributed by atoms with Crippen LogP contribution in [0.5, 0.6) is 0 Å². The molecule has 2 rings (SSSR count). The van der Waals surface area contributed by atoms with Crippen molar-refractivity contribution >= 4 is 34.9 Å². The molecule has 0 saturated carbocycles. The highest BCUT2D eigenvalue weighted by Crippen LogP contribution is 2.25. The second-order valence-corrected chi connectivity index (χ2v) is 5.67. The summed E-state index contributed by atoms with van der Waals surface area (Å²) in [6.45, 7) is 3.38. The molecule has 1 aromatic carbocycles. The fourth-order valence-corrected chi connectivity index (χ4v) is 2.18. The van der Waals surface area contributed by atoms with Crippen molar-refractivity contribution in [3.63, 3.8) is 0 Å². The first kappa shape index (κ1) is 15.7. The van der Waals surface area contributed by atoms with Gasteiger partial charge >= 0.3 is 6.03 Å². The molecule has 0 spiro atoms. The van der Waals surface area contributed by atoms with Gasteiger partial charge in [0.25, 0.3) is 0 Å². The van der Waals surface area contributed by atoms with E-state index in [0.717, 1.165) is 6.54 Å². The van der Waals surface area contributed by atoms with Gasteiger partial charge in [-0.25, -0.2) is 9.78 Å². The molecule has 1 aromatic heterocycles. The minimum absolute atomic E-state index is 0.278. The van der Waals surface area contributed by atoms with E-state index in [9.17, 15) is 4.79 Å². The number of rotatable bonds is 5. The Morgan fingerprint density at radius 3 is 2.95 bits per heavy atom. The summed E-state index contributed by atoms with van der Waals surface area (Å²) in [6.07, 6.45) is 5.37. The molecular formula is C14H16Cl2N4O. The lowest BCUT2D eigenvalue weighted by atomic mass is 10.2. The maximum absolute atomic E-state index is 11.8. The van der Waals surface area contributed by atoms with Gasteiger partial charge in [-0.2, -0.15) is 0 Å². The smallest absolute Gasteiger partial charge is 0.319 e. The van der Waals surface area contributed by atoms with Crippen LogP contribution in [-0.2, 0) is 6.54 Å². The van der Waals surface area contributed by atoms with Crippen molar-refractivity contribution in [1.82, 2.24) is 14.9 Å². The minimum atomic E-state index is -0.309. The van der Waals surface area contributed by atoms with Crippen LogP contribution in [0.25, 0.3) is 0 Å². The van der Waals surface area contributed by atoms with Crippen LogP contribution < -0.4 is 10.6 Å². The Hall–Kier alpha value is -1.72. The molecule has 7 heteroatoms. The maximum Gasteiger partial charge on any atom is 0.319 e. The van der Waals surface area contributed by atoms with Crippen LogP contribution in [-0.4, -0.2) is 22.1 Å². The minimum Gasteiger partial charge on any atom is -0.338 e. The number of nitrogens with zero attached hydrogens (tertiary/aromatic N) is 2. The predicted molar refractivity (Wildman–Crippen MR) is 84.9 cm³/mol. The molecule has 0 radical (unpaired) electrons. The highest BCUT2D eigenvalue weighted by Gasteiger charge is 2.08. The summed E-state index contributed by atoms with van der Waals surface area (Å²) in [6, 6.07) is 4.61. The largest absolute Gasteiger partial charge is 0.338 e. The van der Waals surface area contributed by atoms with Gasteiger partial charge in [0.2, 0.25) is 0 Å². The number of amides is 2. The predicted octanol–water partition coefficient (Wildman–Crippen LogP) is 3.65. The lowest BCUT2D eigenvalue weighted by molar-refractivity contribution is 0.250. The molecule has 0 saturated heterocycles. The molecule has 112 valence electrons. The lowest BCUT2D eigenvalue weighted by Crippen LogP contribution is -2.33. The number of hydrogen-bond acceptors (Lipinski definition) is 2. The summed E-state index contributed by atoms with van der Waals surface area (Å²) in [7, 11) is 0. The quantitative estimate of drug-likeness (QED) is 0.881. The van der Waals surface area contributed by atoms with E-state index in [2.05, 4.69) is 15.6 Å². The van der Waals surface area contributed by atoms with Crippen LogP contribution in [0, 0.1) is 5.92 Å². The maximum atomic E-state index is 11.8. The SMILES string of the molecule is C[C@H](CNC(=O)Nc1cc(Cl)ccc1Cl)Cn1ccnc1. The first-order valence-corrected chi connectivity index (χ1v) is 7.26. The fraction of sp³-hybridized carbons (Fsp3) is 0.286. The second kappa shape index (κ2) is 7.33.